The summed E-state index contributed by atoms with van der Waals surface area (Å²) in [6.45, 7) is 2.12. The second-order valence-electron chi connectivity index (χ2n) is 12.0. The van der Waals surface area contributed by atoms with E-state index in [0.717, 1.165) is 35.3 Å². The largest absolute Gasteiger partial charge is 0.481 e. The number of piperidine rings is 1. The number of carbonyl (C=O) groups is 2. The van der Waals surface area contributed by atoms with Crippen LogP contribution in [0.2, 0.25) is 5.02 Å². The second kappa shape index (κ2) is 15.3. The number of nitrogens with zero attached hydrogens (tertiary/aromatic N) is 1. The lowest BCUT2D eigenvalue weighted by Crippen LogP contribution is -2.46. The molecule has 5 rings (SSSR count). The normalized spacial score (nSPS) is 21.7. The summed E-state index contributed by atoms with van der Waals surface area (Å²) in [4.78, 5) is 25.3. The molecule has 2 aliphatic rings. The molecule has 3 aromatic rings. The second-order valence-corrected chi connectivity index (χ2v) is 12.4. The quantitative estimate of drug-likeness (QED) is 0.180. The molecule has 0 saturated carbocycles. The number of likely N-dealkylation sites (tertiary alicyclic amines) is 1. The third-order valence-electron chi connectivity index (χ3n) is 8.65. The van der Waals surface area contributed by atoms with Crippen LogP contribution in [0.5, 0.6) is 0 Å². The SMILES string of the molecule is O=C(O)CCCCC(=O)Nc1ccc([C@H]2O[C@@H](CN3CCC(O)(c4ccc(Cl)cc4)CC3)C[C@@H](c3ccc(CO)cc3)O2)cc1. The first-order valence-electron chi connectivity index (χ1n) is 15.5. The Labute approximate surface area is 268 Å². The van der Waals surface area contributed by atoms with Gasteiger partial charge in [-0.15, -0.1) is 0 Å². The van der Waals surface area contributed by atoms with Crippen LogP contribution in [0, 0.1) is 0 Å². The molecule has 2 fully saturated rings. The van der Waals surface area contributed by atoms with Crippen molar-refractivity contribution in [2.75, 3.05) is 25.0 Å². The van der Waals surface area contributed by atoms with Crippen molar-refractivity contribution in [3.8, 4) is 0 Å². The van der Waals surface area contributed by atoms with E-state index in [1.165, 1.54) is 0 Å². The summed E-state index contributed by atoms with van der Waals surface area (Å²) in [5.74, 6) is -1.02. The molecular weight excluding hydrogens is 596 g/mol. The lowest BCUT2D eigenvalue weighted by molar-refractivity contribution is -0.253. The van der Waals surface area contributed by atoms with Crippen molar-refractivity contribution in [1.29, 1.82) is 0 Å². The highest BCUT2D eigenvalue weighted by Crippen LogP contribution is 2.39. The average molecular weight is 637 g/mol. The van der Waals surface area contributed by atoms with Gasteiger partial charge in [0.2, 0.25) is 5.91 Å². The van der Waals surface area contributed by atoms with E-state index in [9.17, 15) is 19.8 Å². The zero-order valence-electron chi connectivity index (χ0n) is 25.2. The van der Waals surface area contributed by atoms with E-state index in [0.29, 0.717) is 49.4 Å². The molecule has 0 bridgehead atoms. The van der Waals surface area contributed by atoms with Gasteiger partial charge in [0.25, 0.3) is 0 Å². The standard InChI is InChI=1S/C35H41ClN2O7/c36-28-13-11-27(12-14-28)35(43)17-19-38(20-18-35)22-30-21-31(25-7-5-24(23-39)6-8-25)45-34(44-30)26-9-15-29(16-10-26)37-32(40)3-1-2-4-33(41)42/h5-16,30-31,34,39,43H,1-4,17-23H2,(H,37,40)(H,41,42)/t30-,31+,34+/m1/s1. The zero-order valence-corrected chi connectivity index (χ0v) is 26.0. The van der Waals surface area contributed by atoms with Crippen LogP contribution in [0.3, 0.4) is 0 Å². The van der Waals surface area contributed by atoms with Crippen molar-refractivity contribution in [3.05, 3.63) is 100 Å². The highest BCUT2D eigenvalue weighted by Gasteiger charge is 2.37. The number of hydrogen-bond donors (Lipinski definition) is 4. The number of carbonyl (C=O) groups excluding carboxylic acids is 1. The summed E-state index contributed by atoms with van der Waals surface area (Å²) < 4.78 is 13.0. The minimum absolute atomic E-state index is 0.0251. The first-order valence-corrected chi connectivity index (χ1v) is 15.9. The Hall–Kier alpha value is -3.31. The highest BCUT2D eigenvalue weighted by atomic mass is 35.5. The number of ether oxygens (including phenoxy) is 2. The fourth-order valence-corrected chi connectivity index (χ4v) is 6.11. The van der Waals surface area contributed by atoms with Gasteiger partial charge in [-0.3, -0.25) is 9.59 Å². The number of halogens is 1. The molecule has 0 aromatic heterocycles. The van der Waals surface area contributed by atoms with Gasteiger partial charge in [0.05, 0.1) is 24.4 Å². The van der Waals surface area contributed by atoms with Crippen LogP contribution in [-0.2, 0) is 31.3 Å². The molecule has 2 saturated heterocycles. The molecule has 3 aromatic carbocycles. The van der Waals surface area contributed by atoms with E-state index < -0.39 is 17.9 Å². The van der Waals surface area contributed by atoms with Gasteiger partial charge >= 0.3 is 5.97 Å². The number of amides is 1. The Bertz CT molecular complexity index is 1410. The molecule has 3 atom stereocenters. The Morgan fingerprint density at radius 1 is 0.889 bits per heavy atom. The van der Waals surface area contributed by atoms with Gasteiger partial charge in [-0.05, 0) is 66.6 Å². The molecule has 240 valence electrons. The van der Waals surface area contributed by atoms with Crippen LogP contribution in [-0.4, -0.2) is 57.8 Å². The maximum atomic E-state index is 12.3. The van der Waals surface area contributed by atoms with E-state index in [2.05, 4.69) is 10.2 Å². The maximum Gasteiger partial charge on any atom is 0.303 e. The van der Waals surface area contributed by atoms with E-state index >= 15 is 0 Å². The summed E-state index contributed by atoms with van der Waals surface area (Å²) in [6.07, 6.45) is 2.20. The molecule has 1 amide bonds. The molecule has 0 spiro atoms. The smallest absolute Gasteiger partial charge is 0.303 e. The van der Waals surface area contributed by atoms with Crippen molar-refractivity contribution < 1.29 is 34.4 Å². The third kappa shape index (κ3) is 9.13. The summed E-state index contributed by atoms with van der Waals surface area (Å²) in [7, 11) is 0. The molecule has 4 N–H and O–H groups in total. The van der Waals surface area contributed by atoms with Gasteiger partial charge in [-0.2, -0.15) is 0 Å². The van der Waals surface area contributed by atoms with Crippen LogP contribution in [0.25, 0.3) is 0 Å². The van der Waals surface area contributed by atoms with Crippen molar-refractivity contribution in [2.24, 2.45) is 0 Å². The number of aliphatic hydroxyl groups excluding tert-OH is 1. The van der Waals surface area contributed by atoms with E-state index in [1.807, 2.05) is 72.8 Å². The minimum atomic E-state index is -0.882. The van der Waals surface area contributed by atoms with E-state index in [-0.39, 0.29) is 37.6 Å². The van der Waals surface area contributed by atoms with Crippen LogP contribution in [0.1, 0.15) is 79.6 Å². The topological polar surface area (TPSA) is 129 Å². The molecule has 2 aliphatic heterocycles. The Kier molecular flexibility index (Phi) is 11.3. The first-order chi connectivity index (χ1) is 21.7. The summed E-state index contributed by atoms with van der Waals surface area (Å²) in [5.41, 5.74) is 3.32. The fraction of sp³-hybridized carbons (Fsp3) is 0.429. The Morgan fingerprint density at radius 3 is 2.18 bits per heavy atom. The third-order valence-corrected chi connectivity index (χ3v) is 8.90. The lowest BCUT2D eigenvalue weighted by atomic mass is 9.84. The number of aliphatic hydroxyl groups is 2. The van der Waals surface area contributed by atoms with E-state index in [1.54, 1.807) is 0 Å². The van der Waals surface area contributed by atoms with Crippen molar-refractivity contribution in [1.82, 2.24) is 4.90 Å². The lowest BCUT2D eigenvalue weighted by Gasteiger charge is -2.42. The molecule has 9 nitrogen and oxygen atoms in total. The number of rotatable bonds is 12. The minimum Gasteiger partial charge on any atom is -0.481 e. The Morgan fingerprint density at radius 2 is 1.53 bits per heavy atom. The first kappa shape index (κ1) is 33.1. The highest BCUT2D eigenvalue weighted by molar-refractivity contribution is 6.30. The van der Waals surface area contributed by atoms with Gasteiger partial charge < -0.3 is 35.0 Å². The van der Waals surface area contributed by atoms with E-state index in [4.69, 9.17) is 26.2 Å². The number of carboxylic acids is 1. The monoisotopic (exact) mass is 636 g/mol. The number of anilines is 1. The molecule has 45 heavy (non-hydrogen) atoms. The number of aliphatic carboxylic acids is 1. The van der Waals surface area contributed by atoms with Crippen LogP contribution >= 0.6 is 11.6 Å². The predicted octanol–water partition coefficient (Wildman–Crippen LogP) is 5.94. The average Bonchev–Trinajstić information content (AvgIpc) is 3.05. The number of benzene rings is 3. The molecule has 2 heterocycles. The molecular formula is C35H41ClN2O7. The van der Waals surface area contributed by atoms with Crippen molar-refractivity contribution >= 4 is 29.2 Å². The fourth-order valence-electron chi connectivity index (χ4n) is 5.98. The van der Waals surface area contributed by atoms with Crippen LogP contribution < -0.4 is 5.32 Å². The van der Waals surface area contributed by atoms with Gasteiger partial charge in [0.15, 0.2) is 6.29 Å². The Balaban J connectivity index is 1.23. The van der Waals surface area contributed by atoms with Gasteiger partial charge in [0.1, 0.15) is 0 Å². The van der Waals surface area contributed by atoms with Gasteiger partial charge in [-0.1, -0.05) is 60.1 Å². The molecule has 0 unspecified atom stereocenters. The summed E-state index contributed by atoms with van der Waals surface area (Å²) in [5, 5.41) is 33.1. The molecule has 10 heteroatoms. The predicted molar refractivity (Wildman–Crippen MR) is 171 cm³/mol. The maximum absolute atomic E-state index is 12.3. The number of nitrogens with one attached hydrogen (secondary N) is 1. The summed E-state index contributed by atoms with van der Waals surface area (Å²) in [6, 6.07) is 22.6. The van der Waals surface area contributed by atoms with Crippen LogP contribution in [0.15, 0.2) is 72.8 Å². The number of carboxylic acid groups (broad SMARTS) is 1. The van der Waals surface area contributed by atoms with Crippen molar-refractivity contribution in [2.45, 2.75) is 75.7 Å². The molecule has 0 aliphatic carbocycles. The van der Waals surface area contributed by atoms with Crippen molar-refractivity contribution in [3.63, 3.8) is 0 Å². The van der Waals surface area contributed by atoms with Gasteiger partial charge in [-0.25, -0.2) is 0 Å². The van der Waals surface area contributed by atoms with Crippen LogP contribution in [0.4, 0.5) is 5.69 Å². The van der Waals surface area contributed by atoms with Gasteiger partial charge in [0, 0.05) is 55.2 Å². The summed E-state index contributed by atoms with van der Waals surface area (Å²) >= 11 is 6.05. The number of unbranched alkanes of at least 4 members (excludes halogenated alkanes) is 1. The number of hydrogen-bond acceptors (Lipinski definition) is 7. The zero-order chi connectivity index (χ0) is 31.8. The molecule has 0 radical (unpaired) electrons.